The molecule has 2 aliphatic heterocycles. The van der Waals surface area contributed by atoms with Crippen molar-refractivity contribution in [3.05, 3.63) is 34.9 Å². The molecule has 1 aromatic carbocycles. The predicted octanol–water partition coefficient (Wildman–Crippen LogP) is 1.20. The van der Waals surface area contributed by atoms with Crippen LogP contribution < -0.4 is 5.32 Å². The molecule has 0 saturated carbocycles. The SMILES string of the molecule is Cc1ccc2c(c1)C(=O)N(C1CCC(=S)NC1=O)C2=O. The quantitative estimate of drug-likeness (QED) is 0.623. The third-order valence-corrected chi connectivity index (χ3v) is 3.90. The Balaban J connectivity index is 1.97. The molecule has 0 bridgehead atoms. The van der Waals surface area contributed by atoms with Crippen LogP contribution in [0.15, 0.2) is 18.2 Å². The molecule has 6 heteroatoms. The highest BCUT2D eigenvalue weighted by Gasteiger charge is 2.43. The molecule has 1 atom stereocenters. The van der Waals surface area contributed by atoms with Crippen molar-refractivity contribution in [1.29, 1.82) is 0 Å². The highest BCUT2D eigenvalue weighted by molar-refractivity contribution is 7.80. The number of nitrogens with zero attached hydrogens (tertiary/aromatic N) is 1. The third kappa shape index (κ3) is 1.84. The van der Waals surface area contributed by atoms with Crippen molar-refractivity contribution >= 4 is 34.9 Å². The lowest BCUT2D eigenvalue weighted by Crippen LogP contribution is -2.53. The van der Waals surface area contributed by atoms with Gasteiger partial charge in [0, 0.05) is 6.42 Å². The van der Waals surface area contributed by atoms with Crippen molar-refractivity contribution in [2.75, 3.05) is 0 Å². The number of thiocarbonyl (C=S) groups is 1. The number of amides is 3. The van der Waals surface area contributed by atoms with Crippen LogP contribution in [0.25, 0.3) is 0 Å². The van der Waals surface area contributed by atoms with Crippen LogP contribution in [-0.2, 0) is 4.79 Å². The molecule has 2 aliphatic rings. The molecule has 1 unspecified atom stereocenters. The summed E-state index contributed by atoms with van der Waals surface area (Å²) in [5.74, 6) is -1.19. The van der Waals surface area contributed by atoms with Gasteiger partial charge in [-0.1, -0.05) is 23.8 Å². The Morgan fingerprint density at radius 2 is 1.90 bits per heavy atom. The van der Waals surface area contributed by atoms with Gasteiger partial charge in [-0.25, -0.2) is 0 Å². The number of fused-ring (bicyclic) bond motifs is 1. The molecule has 0 aromatic heterocycles. The number of hydrogen-bond acceptors (Lipinski definition) is 4. The number of rotatable bonds is 1. The van der Waals surface area contributed by atoms with Crippen molar-refractivity contribution in [2.45, 2.75) is 25.8 Å². The molecule has 0 radical (unpaired) electrons. The summed E-state index contributed by atoms with van der Waals surface area (Å²) in [5, 5.41) is 2.53. The Kier molecular flexibility index (Phi) is 2.90. The normalized spacial score (nSPS) is 22.1. The van der Waals surface area contributed by atoms with Crippen LogP contribution in [0, 0.1) is 6.92 Å². The fourth-order valence-corrected chi connectivity index (χ4v) is 2.80. The van der Waals surface area contributed by atoms with Gasteiger partial charge >= 0.3 is 0 Å². The van der Waals surface area contributed by atoms with Gasteiger partial charge in [-0.3, -0.25) is 19.3 Å². The average Bonchev–Trinajstić information content (AvgIpc) is 2.63. The minimum atomic E-state index is -0.769. The van der Waals surface area contributed by atoms with E-state index < -0.39 is 17.9 Å². The Labute approximate surface area is 120 Å². The molecule has 1 aromatic rings. The van der Waals surface area contributed by atoms with Crippen LogP contribution in [0.1, 0.15) is 39.1 Å². The second-order valence-corrected chi connectivity index (χ2v) is 5.49. The van der Waals surface area contributed by atoms with Crippen LogP contribution in [-0.4, -0.2) is 33.7 Å². The third-order valence-electron chi connectivity index (χ3n) is 3.60. The van der Waals surface area contributed by atoms with E-state index in [1.54, 1.807) is 18.2 Å². The molecule has 1 fully saturated rings. The summed E-state index contributed by atoms with van der Waals surface area (Å²) >= 11 is 4.94. The van der Waals surface area contributed by atoms with Crippen molar-refractivity contribution < 1.29 is 14.4 Å². The number of benzene rings is 1. The second-order valence-electron chi connectivity index (χ2n) is 5.00. The molecule has 1 saturated heterocycles. The van der Waals surface area contributed by atoms with Gasteiger partial charge in [-0.05, 0) is 25.5 Å². The van der Waals surface area contributed by atoms with Gasteiger partial charge in [0.25, 0.3) is 11.8 Å². The van der Waals surface area contributed by atoms with E-state index in [0.717, 1.165) is 10.5 Å². The largest absolute Gasteiger partial charge is 0.319 e. The Hall–Kier alpha value is -2.08. The summed E-state index contributed by atoms with van der Waals surface area (Å²) in [6.45, 7) is 1.85. The molecule has 1 N–H and O–H groups in total. The topological polar surface area (TPSA) is 66.5 Å². The number of imide groups is 1. The van der Waals surface area contributed by atoms with Gasteiger partial charge in [-0.15, -0.1) is 0 Å². The summed E-state index contributed by atoms with van der Waals surface area (Å²) < 4.78 is 0. The van der Waals surface area contributed by atoms with E-state index in [1.165, 1.54) is 0 Å². The monoisotopic (exact) mass is 288 g/mol. The first-order chi connectivity index (χ1) is 9.49. The first kappa shape index (κ1) is 12.9. The molecule has 5 nitrogen and oxygen atoms in total. The number of nitrogens with one attached hydrogen (secondary N) is 1. The lowest BCUT2D eigenvalue weighted by atomic mass is 10.1. The van der Waals surface area contributed by atoms with Gasteiger partial charge in [-0.2, -0.15) is 0 Å². The summed E-state index contributed by atoms with van der Waals surface area (Å²) in [7, 11) is 0. The molecular weight excluding hydrogens is 276 g/mol. The fraction of sp³-hybridized carbons (Fsp3) is 0.286. The van der Waals surface area contributed by atoms with E-state index >= 15 is 0 Å². The maximum Gasteiger partial charge on any atom is 0.262 e. The van der Waals surface area contributed by atoms with E-state index in [-0.39, 0.29) is 5.91 Å². The van der Waals surface area contributed by atoms with Crippen LogP contribution in [0.2, 0.25) is 0 Å². The van der Waals surface area contributed by atoms with E-state index in [4.69, 9.17) is 12.2 Å². The minimum Gasteiger partial charge on any atom is -0.319 e. The molecule has 3 amide bonds. The highest BCUT2D eigenvalue weighted by atomic mass is 32.1. The summed E-state index contributed by atoms with van der Waals surface area (Å²) in [6.07, 6.45) is 0.882. The number of carbonyl (C=O) groups is 3. The van der Waals surface area contributed by atoms with Gasteiger partial charge in [0.15, 0.2) is 0 Å². The Morgan fingerprint density at radius 1 is 1.20 bits per heavy atom. The molecule has 3 rings (SSSR count). The van der Waals surface area contributed by atoms with Crippen LogP contribution >= 0.6 is 12.2 Å². The number of hydrogen-bond donors (Lipinski definition) is 1. The van der Waals surface area contributed by atoms with Crippen molar-refractivity contribution in [2.24, 2.45) is 0 Å². The van der Waals surface area contributed by atoms with E-state index in [9.17, 15) is 14.4 Å². The predicted molar refractivity (Wildman–Crippen MR) is 75.4 cm³/mol. The van der Waals surface area contributed by atoms with E-state index in [0.29, 0.717) is 29.0 Å². The van der Waals surface area contributed by atoms with E-state index in [1.807, 2.05) is 6.92 Å². The zero-order valence-electron chi connectivity index (χ0n) is 10.8. The number of piperidine rings is 1. The highest BCUT2D eigenvalue weighted by Crippen LogP contribution is 2.28. The number of carbonyl (C=O) groups excluding carboxylic acids is 3. The lowest BCUT2D eigenvalue weighted by Gasteiger charge is -2.28. The summed E-state index contributed by atoms with van der Waals surface area (Å²) in [4.78, 5) is 38.2. The van der Waals surface area contributed by atoms with E-state index in [2.05, 4.69) is 5.32 Å². The van der Waals surface area contributed by atoms with Crippen LogP contribution in [0.4, 0.5) is 0 Å². The molecular formula is C14H12N2O3S. The first-order valence-corrected chi connectivity index (χ1v) is 6.72. The molecule has 20 heavy (non-hydrogen) atoms. The minimum absolute atomic E-state index is 0.363. The van der Waals surface area contributed by atoms with Crippen LogP contribution in [0.3, 0.4) is 0 Å². The Bertz CT molecular complexity index is 668. The van der Waals surface area contributed by atoms with Gasteiger partial charge in [0.2, 0.25) is 5.91 Å². The summed E-state index contributed by atoms with van der Waals surface area (Å²) in [6, 6.07) is 4.33. The maximum atomic E-state index is 12.4. The zero-order chi connectivity index (χ0) is 14.4. The molecule has 0 aliphatic carbocycles. The Morgan fingerprint density at radius 3 is 2.60 bits per heavy atom. The fourth-order valence-electron chi connectivity index (χ4n) is 2.58. The van der Waals surface area contributed by atoms with Crippen LogP contribution in [0.5, 0.6) is 0 Å². The van der Waals surface area contributed by atoms with Crippen molar-refractivity contribution in [3.63, 3.8) is 0 Å². The number of aryl methyl sites for hydroxylation is 1. The average molecular weight is 288 g/mol. The standard InChI is InChI=1S/C14H12N2O3S/c1-7-2-3-8-9(6-7)14(19)16(13(8)18)10-4-5-11(20)15-12(10)17/h2-3,6,10H,4-5H2,1H3,(H,15,17,20). The molecule has 102 valence electrons. The van der Waals surface area contributed by atoms with Crippen molar-refractivity contribution in [1.82, 2.24) is 10.2 Å². The first-order valence-electron chi connectivity index (χ1n) is 6.31. The molecule has 2 heterocycles. The lowest BCUT2D eigenvalue weighted by molar-refractivity contribution is -0.124. The van der Waals surface area contributed by atoms with Crippen molar-refractivity contribution in [3.8, 4) is 0 Å². The van der Waals surface area contributed by atoms with Gasteiger partial charge < -0.3 is 5.32 Å². The zero-order valence-corrected chi connectivity index (χ0v) is 11.6. The second kappa shape index (κ2) is 4.49. The summed E-state index contributed by atoms with van der Waals surface area (Å²) in [5.41, 5.74) is 1.64. The van der Waals surface area contributed by atoms with Gasteiger partial charge in [0.05, 0.1) is 16.1 Å². The molecule has 0 spiro atoms. The van der Waals surface area contributed by atoms with Gasteiger partial charge in [0.1, 0.15) is 6.04 Å². The smallest absolute Gasteiger partial charge is 0.262 e. The maximum absolute atomic E-state index is 12.4.